The van der Waals surface area contributed by atoms with Gasteiger partial charge in [-0.1, -0.05) is 6.42 Å². The Hall–Kier alpha value is -0.980. The van der Waals surface area contributed by atoms with E-state index in [9.17, 15) is 9.59 Å². The summed E-state index contributed by atoms with van der Waals surface area (Å²) in [7, 11) is 0. The van der Waals surface area contributed by atoms with Gasteiger partial charge in [0.25, 0.3) is 0 Å². The van der Waals surface area contributed by atoms with E-state index < -0.39 is 29.8 Å². The molecule has 0 aromatic heterocycles. The van der Waals surface area contributed by atoms with Crippen LogP contribution in [0.15, 0.2) is 0 Å². The van der Waals surface area contributed by atoms with Gasteiger partial charge in [-0.05, 0) is 26.7 Å². The average Bonchev–Trinajstić information content (AvgIpc) is 3.00. The van der Waals surface area contributed by atoms with Crippen molar-refractivity contribution in [1.82, 2.24) is 4.90 Å². The highest BCUT2D eigenvalue weighted by Gasteiger charge is 2.68. The summed E-state index contributed by atoms with van der Waals surface area (Å²) in [6.45, 7) is 5.11. The van der Waals surface area contributed by atoms with E-state index in [1.807, 2.05) is 13.8 Å². The number of nitrogens with zero attached hydrogens (tertiary/aromatic N) is 1. The second-order valence-corrected chi connectivity index (χ2v) is 7.36. The molecule has 0 aromatic rings. The van der Waals surface area contributed by atoms with Gasteiger partial charge in [-0.25, -0.2) is 0 Å². The number of fused-ring (bicyclic) bond motifs is 3. The first kappa shape index (κ1) is 14.6. The van der Waals surface area contributed by atoms with Crippen molar-refractivity contribution >= 4 is 11.7 Å². The van der Waals surface area contributed by atoms with Crippen LogP contribution in [0, 0.1) is 0 Å². The first-order valence-electron chi connectivity index (χ1n) is 8.22. The van der Waals surface area contributed by atoms with Crippen molar-refractivity contribution in [2.75, 3.05) is 0 Å². The van der Waals surface area contributed by atoms with E-state index >= 15 is 0 Å². The monoisotopic (exact) mass is 309 g/mol. The van der Waals surface area contributed by atoms with Crippen LogP contribution in [0.25, 0.3) is 0 Å². The van der Waals surface area contributed by atoms with E-state index in [-0.39, 0.29) is 17.8 Å². The first-order chi connectivity index (χ1) is 10.3. The normalized spacial score (nSPS) is 41.8. The predicted octanol–water partition coefficient (Wildman–Crippen LogP) is 1.37. The van der Waals surface area contributed by atoms with Crippen LogP contribution in [-0.4, -0.2) is 52.5 Å². The summed E-state index contributed by atoms with van der Waals surface area (Å²) in [6.07, 6.45) is 3.59. The van der Waals surface area contributed by atoms with Gasteiger partial charge < -0.3 is 19.1 Å². The Morgan fingerprint density at radius 3 is 2.41 bits per heavy atom. The van der Waals surface area contributed by atoms with Gasteiger partial charge >= 0.3 is 0 Å². The maximum absolute atomic E-state index is 12.8. The molecule has 4 aliphatic rings. The van der Waals surface area contributed by atoms with E-state index in [4.69, 9.17) is 14.2 Å². The highest BCUT2D eigenvalue weighted by Crippen LogP contribution is 2.49. The van der Waals surface area contributed by atoms with Crippen molar-refractivity contribution in [2.24, 2.45) is 0 Å². The molecule has 4 rings (SSSR count). The third-order valence-electron chi connectivity index (χ3n) is 5.44. The fraction of sp³-hybridized carbons (Fsp3) is 0.875. The number of ether oxygens (including phenoxy) is 3. The molecule has 0 radical (unpaired) electrons. The molecule has 0 unspecified atom stereocenters. The Balaban J connectivity index is 1.63. The lowest BCUT2D eigenvalue weighted by atomic mass is 9.94. The number of carbonyl (C=O) groups is 2. The summed E-state index contributed by atoms with van der Waals surface area (Å²) < 4.78 is 18.3. The van der Waals surface area contributed by atoms with Crippen molar-refractivity contribution in [2.45, 2.75) is 88.7 Å². The predicted molar refractivity (Wildman–Crippen MR) is 75.8 cm³/mol. The molecule has 22 heavy (non-hydrogen) atoms. The maximum Gasteiger partial charge on any atom is 0.222 e. The maximum atomic E-state index is 12.8. The molecule has 2 saturated carbocycles. The molecule has 2 aliphatic heterocycles. The summed E-state index contributed by atoms with van der Waals surface area (Å²) in [5.74, 6) is -0.831. The van der Waals surface area contributed by atoms with Crippen LogP contribution in [0.3, 0.4) is 0 Å². The van der Waals surface area contributed by atoms with Gasteiger partial charge in [0.2, 0.25) is 5.91 Å². The summed E-state index contributed by atoms with van der Waals surface area (Å²) in [5.41, 5.74) is -0.784. The molecule has 2 heterocycles. The Morgan fingerprint density at radius 1 is 1.09 bits per heavy atom. The lowest BCUT2D eigenvalue weighted by Gasteiger charge is -2.34. The number of carbonyl (C=O) groups excluding carboxylic acids is 2. The van der Waals surface area contributed by atoms with Crippen LogP contribution in [0.5, 0.6) is 0 Å². The minimum Gasteiger partial charge on any atom is -0.347 e. The highest BCUT2D eigenvalue weighted by molar-refractivity contribution is 5.96. The molecule has 4 atom stereocenters. The fourth-order valence-electron chi connectivity index (χ4n) is 4.64. The fourth-order valence-corrected chi connectivity index (χ4v) is 4.64. The highest BCUT2D eigenvalue weighted by atomic mass is 16.8. The minimum absolute atomic E-state index is 0.0711. The molecule has 6 nitrogen and oxygen atoms in total. The molecule has 0 N–H and O–H groups in total. The molecule has 0 bridgehead atoms. The lowest BCUT2D eigenvalue weighted by molar-refractivity contribution is -0.208. The Morgan fingerprint density at radius 2 is 1.77 bits per heavy atom. The second-order valence-electron chi connectivity index (χ2n) is 7.36. The molecule has 6 heteroatoms. The van der Waals surface area contributed by atoms with E-state index in [0.717, 1.165) is 25.7 Å². The van der Waals surface area contributed by atoms with Gasteiger partial charge in [-0.3, -0.25) is 9.59 Å². The van der Waals surface area contributed by atoms with Crippen molar-refractivity contribution < 1.29 is 23.8 Å². The average molecular weight is 309 g/mol. The van der Waals surface area contributed by atoms with Gasteiger partial charge in [0.1, 0.15) is 24.0 Å². The SMILES string of the molecule is CC(=O)N1[C@@H]2C(=O)[C@H]3OC4(CCCCC4)O[C@H]3[C@@H]2OC1(C)C. The Kier molecular flexibility index (Phi) is 3.00. The topological polar surface area (TPSA) is 65.1 Å². The van der Waals surface area contributed by atoms with Gasteiger partial charge in [0, 0.05) is 19.8 Å². The number of hydrogen-bond donors (Lipinski definition) is 0. The van der Waals surface area contributed by atoms with Crippen molar-refractivity contribution in [3.8, 4) is 0 Å². The number of ketones is 1. The molecule has 2 aliphatic carbocycles. The molecule has 1 spiro atoms. The largest absolute Gasteiger partial charge is 0.347 e. The standard InChI is InChI=1S/C16H23NO5/c1-9(18)17-10-11(19)13-14(12(10)20-15(17,2)3)22-16(21-13)7-5-4-6-8-16/h10,12-14H,4-8H2,1-3H3/t10-,12-,13-,14+/m1/s1. The quantitative estimate of drug-likeness (QED) is 0.676. The van der Waals surface area contributed by atoms with Gasteiger partial charge in [-0.2, -0.15) is 0 Å². The lowest BCUT2D eigenvalue weighted by Crippen LogP contribution is -2.51. The number of hydrogen-bond acceptors (Lipinski definition) is 5. The molecule has 4 fully saturated rings. The van der Waals surface area contributed by atoms with Gasteiger partial charge in [0.15, 0.2) is 17.7 Å². The van der Waals surface area contributed by atoms with Gasteiger partial charge in [-0.15, -0.1) is 0 Å². The summed E-state index contributed by atoms with van der Waals surface area (Å²) >= 11 is 0. The zero-order valence-electron chi connectivity index (χ0n) is 13.3. The van der Waals surface area contributed by atoms with Crippen LogP contribution in [0.1, 0.15) is 52.9 Å². The van der Waals surface area contributed by atoms with Gasteiger partial charge in [0.05, 0.1) is 0 Å². The molecular weight excluding hydrogens is 286 g/mol. The Labute approximate surface area is 130 Å². The number of Topliss-reactive ketones (excluding diaryl/α,β-unsaturated/α-hetero) is 1. The van der Waals surface area contributed by atoms with Crippen molar-refractivity contribution in [3.63, 3.8) is 0 Å². The van der Waals surface area contributed by atoms with Crippen LogP contribution < -0.4 is 0 Å². The molecule has 1 amide bonds. The van der Waals surface area contributed by atoms with E-state index in [0.29, 0.717) is 0 Å². The number of rotatable bonds is 0. The van der Waals surface area contributed by atoms with Crippen molar-refractivity contribution in [1.29, 1.82) is 0 Å². The molecule has 122 valence electrons. The molecule has 2 saturated heterocycles. The molecule has 0 aromatic carbocycles. The van der Waals surface area contributed by atoms with E-state index in [2.05, 4.69) is 0 Å². The summed E-state index contributed by atoms with van der Waals surface area (Å²) in [6, 6.07) is -0.580. The minimum atomic E-state index is -0.784. The van der Waals surface area contributed by atoms with Crippen LogP contribution in [0.2, 0.25) is 0 Å². The zero-order chi connectivity index (χ0) is 15.7. The molecular formula is C16H23NO5. The summed E-state index contributed by atoms with van der Waals surface area (Å²) in [4.78, 5) is 26.3. The third-order valence-corrected chi connectivity index (χ3v) is 5.44. The Bertz CT molecular complexity index is 525. The zero-order valence-corrected chi connectivity index (χ0v) is 13.3. The van der Waals surface area contributed by atoms with Crippen molar-refractivity contribution in [3.05, 3.63) is 0 Å². The summed E-state index contributed by atoms with van der Waals surface area (Å²) in [5, 5.41) is 0. The smallest absolute Gasteiger partial charge is 0.222 e. The second kappa shape index (κ2) is 4.52. The van der Waals surface area contributed by atoms with Crippen LogP contribution >= 0.6 is 0 Å². The van der Waals surface area contributed by atoms with Crippen LogP contribution in [0.4, 0.5) is 0 Å². The number of amides is 1. The van der Waals surface area contributed by atoms with E-state index in [1.54, 1.807) is 4.90 Å². The van der Waals surface area contributed by atoms with Crippen LogP contribution in [-0.2, 0) is 23.8 Å². The van der Waals surface area contributed by atoms with E-state index in [1.165, 1.54) is 13.3 Å². The first-order valence-corrected chi connectivity index (χ1v) is 8.22. The third kappa shape index (κ3) is 1.83.